The molecular weight excluding hydrogens is 338 g/mol. The molecule has 0 spiro atoms. The molecule has 0 amide bonds. The first-order chi connectivity index (χ1) is 11.8. The molecule has 0 radical (unpaired) electrons. The lowest BCUT2D eigenvalue weighted by atomic mass is 10.1. The number of hydrogen-bond donors (Lipinski definition) is 2. The molecule has 0 saturated heterocycles. The van der Waals surface area contributed by atoms with Gasteiger partial charge in [0.25, 0.3) is 10.1 Å². The van der Waals surface area contributed by atoms with Gasteiger partial charge in [0.1, 0.15) is 4.90 Å². The number of fused-ring (bicyclic) bond motifs is 1. The number of azo groups is 1. The smallest absolute Gasteiger partial charge is 0.295 e. The summed E-state index contributed by atoms with van der Waals surface area (Å²) in [5.41, 5.74) is 9.54. The van der Waals surface area contributed by atoms with Crippen molar-refractivity contribution >= 4 is 38.0 Å². The third-order valence-corrected chi connectivity index (χ3v) is 4.87. The third kappa shape index (κ3) is 3.52. The summed E-state index contributed by atoms with van der Waals surface area (Å²) in [6.45, 7) is 3.78. The molecule has 0 atom stereocenters. The molecule has 0 fully saturated rings. The number of benzene rings is 3. The fraction of sp³-hybridized carbons (Fsp3) is 0.111. The highest BCUT2D eigenvalue weighted by Crippen LogP contribution is 2.30. The summed E-state index contributed by atoms with van der Waals surface area (Å²) in [5.74, 6) is 0. The van der Waals surface area contributed by atoms with Crippen LogP contribution in [0.1, 0.15) is 11.1 Å². The fourth-order valence-electron chi connectivity index (χ4n) is 2.56. The molecule has 0 heterocycles. The molecule has 0 saturated carbocycles. The Balaban J connectivity index is 2.07. The maximum atomic E-state index is 11.5. The Bertz CT molecular complexity index is 1110. The van der Waals surface area contributed by atoms with Gasteiger partial charge in [-0.05, 0) is 60.7 Å². The summed E-state index contributed by atoms with van der Waals surface area (Å²) in [6.07, 6.45) is 0. The number of nitrogens with zero attached hydrogens (tertiary/aromatic N) is 2. The van der Waals surface area contributed by atoms with Crippen LogP contribution in [0.5, 0.6) is 0 Å². The van der Waals surface area contributed by atoms with Crippen molar-refractivity contribution in [2.45, 2.75) is 18.7 Å². The Hall–Kier alpha value is -2.77. The maximum Gasteiger partial charge on any atom is 0.295 e. The highest BCUT2D eigenvalue weighted by molar-refractivity contribution is 7.86. The van der Waals surface area contributed by atoms with Crippen molar-refractivity contribution in [2.24, 2.45) is 10.2 Å². The molecule has 128 valence electrons. The van der Waals surface area contributed by atoms with Crippen LogP contribution in [0.3, 0.4) is 0 Å². The highest BCUT2D eigenvalue weighted by atomic mass is 32.2. The van der Waals surface area contributed by atoms with Gasteiger partial charge in [0.2, 0.25) is 0 Å². The zero-order valence-electron chi connectivity index (χ0n) is 13.8. The van der Waals surface area contributed by atoms with E-state index in [0.717, 1.165) is 11.1 Å². The van der Waals surface area contributed by atoms with Crippen LogP contribution in [0.15, 0.2) is 63.7 Å². The molecule has 0 aliphatic heterocycles. The second-order valence-electron chi connectivity index (χ2n) is 5.83. The Morgan fingerprint density at radius 1 is 0.960 bits per heavy atom. The summed E-state index contributed by atoms with van der Waals surface area (Å²) in [6, 6.07) is 13.4. The first-order valence-electron chi connectivity index (χ1n) is 7.54. The van der Waals surface area contributed by atoms with E-state index >= 15 is 0 Å². The second kappa shape index (κ2) is 6.27. The molecule has 3 aromatic carbocycles. The minimum Gasteiger partial charge on any atom is -0.399 e. The van der Waals surface area contributed by atoms with E-state index < -0.39 is 10.1 Å². The second-order valence-corrected chi connectivity index (χ2v) is 7.22. The third-order valence-electron chi connectivity index (χ3n) is 3.96. The van der Waals surface area contributed by atoms with Gasteiger partial charge in [0.05, 0.1) is 11.4 Å². The summed E-state index contributed by atoms with van der Waals surface area (Å²) >= 11 is 0. The van der Waals surface area contributed by atoms with Gasteiger partial charge in [0.15, 0.2) is 0 Å². The first-order valence-corrected chi connectivity index (χ1v) is 8.98. The van der Waals surface area contributed by atoms with Crippen LogP contribution >= 0.6 is 0 Å². The highest BCUT2D eigenvalue weighted by Gasteiger charge is 2.13. The van der Waals surface area contributed by atoms with Crippen LogP contribution in [0.2, 0.25) is 0 Å². The Kier molecular flexibility index (Phi) is 4.28. The van der Waals surface area contributed by atoms with Gasteiger partial charge in [-0.25, -0.2) is 0 Å². The minimum atomic E-state index is -4.32. The normalized spacial score (nSPS) is 12.1. The molecule has 0 aromatic heterocycles. The standard InChI is InChI=1S/C18H17N3O3S/c1-11-9-17(12(2)8-16(11)19)21-20-14-7-6-13-4-3-5-18(15(13)10-14)25(22,23)24/h3-10H,19H2,1-2H3,(H,22,23,24)/b21-20+. The minimum absolute atomic E-state index is 0.151. The lowest BCUT2D eigenvalue weighted by Gasteiger charge is -2.06. The van der Waals surface area contributed by atoms with E-state index in [1.165, 1.54) is 6.07 Å². The largest absolute Gasteiger partial charge is 0.399 e. The molecule has 3 N–H and O–H groups in total. The van der Waals surface area contributed by atoms with Crippen LogP contribution in [0, 0.1) is 13.8 Å². The number of anilines is 1. The summed E-state index contributed by atoms with van der Waals surface area (Å²) in [7, 11) is -4.32. The predicted molar refractivity (Wildman–Crippen MR) is 98.3 cm³/mol. The van der Waals surface area contributed by atoms with Crippen molar-refractivity contribution < 1.29 is 13.0 Å². The number of aryl methyl sites for hydroxylation is 2. The van der Waals surface area contributed by atoms with Crippen molar-refractivity contribution in [3.63, 3.8) is 0 Å². The predicted octanol–water partition coefficient (Wildman–Crippen LogP) is 4.70. The Labute approximate surface area is 145 Å². The lowest BCUT2D eigenvalue weighted by Crippen LogP contribution is -1.98. The molecule has 7 heteroatoms. The van der Waals surface area contributed by atoms with Gasteiger partial charge < -0.3 is 5.73 Å². The van der Waals surface area contributed by atoms with Gasteiger partial charge in [-0.15, -0.1) is 0 Å². The number of hydrogen-bond acceptors (Lipinski definition) is 5. The van der Waals surface area contributed by atoms with E-state index in [1.54, 1.807) is 30.3 Å². The van der Waals surface area contributed by atoms with Gasteiger partial charge in [-0.2, -0.15) is 18.6 Å². The van der Waals surface area contributed by atoms with Crippen molar-refractivity contribution in [1.82, 2.24) is 0 Å². The van der Waals surface area contributed by atoms with E-state index in [9.17, 15) is 13.0 Å². The van der Waals surface area contributed by atoms with E-state index in [0.29, 0.717) is 27.8 Å². The molecule has 3 aromatic rings. The van der Waals surface area contributed by atoms with Gasteiger partial charge in [-0.1, -0.05) is 18.2 Å². The SMILES string of the molecule is Cc1cc(/N=N/c2ccc3cccc(S(=O)(=O)O)c3c2)c(C)cc1N. The molecule has 0 bridgehead atoms. The van der Waals surface area contributed by atoms with Crippen molar-refractivity contribution in [3.8, 4) is 0 Å². The molecule has 3 rings (SSSR count). The molecule has 0 aliphatic carbocycles. The number of nitrogens with two attached hydrogens (primary N) is 1. The van der Waals surface area contributed by atoms with Gasteiger partial charge in [0, 0.05) is 11.1 Å². The van der Waals surface area contributed by atoms with Crippen LogP contribution in [0.25, 0.3) is 10.8 Å². The zero-order valence-corrected chi connectivity index (χ0v) is 14.6. The van der Waals surface area contributed by atoms with Crippen LogP contribution in [0.4, 0.5) is 17.1 Å². The van der Waals surface area contributed by atoms with Gasteiger partial charge in [-0.3, -0.25) is 4.55 Å². The van der Waals surface area contributed by atoms with Gasteiger partial charge >= 0.3 is 0 Å². The lowest BCUT2D eigenvalue weighted by molar-refractivity contribution is 0.484. The topological polar surface area (TPSA) is 105 Å². The van der Waals surface area contributed by atoms with Crippen molar-refractivity contribution in [1.29, 1.82) is 0 Å². The Morgan fingerprint density at radius 2 is 1.72 bits per heavy atom. The van der Waals surface area contributed by atoms with Crippen molar-refractivity contribution in [3.05, 3.63) is 59.7 Å². The van der Waals surface area contributed by atoms with E-state index in [2.05, 4.69) is 10.2 Å². The molecule has 6 nitrogen and oxygen atoms in total. The summed E-state index contributed by atoms with van der Waals surface area (Å²) in [4.78, 5) is -0.151. The number of rotatable bonds is 3. The quantitative estimate of drug-likeness (QED) is 0.403. The van der Waals surface area contributed by atoms with E-state index in [4.69, 9.17) is 5.73 Å². The molecule has 0 aliphatic rings. The Morgan fingerprint density at radius 3 is 2.44 bits per heavy atom. The van der Waals surface area contributed by atoms with Crippen molar-refractivity contribution in [2.75, 3.05) is 5.73 Å². The summed E-state index contributed by atoms with van der Waals surface area (Å²) in [5, 5.41) is 9.51. The fourth-order valence-corrected chi connectivity index (χ4v) is 3.27. The number of nitrogen functional groups attached to an aromatic ring is 1. The van der Waals surface area contributed by atoms with Crippen LogP contribution in [-0.2, 0) is 10.1 Å². The summed E-state index contributed by atoms with van der Waals surface area (Å²) < 4.78 is 32.5. The average molecular weight is 355 g/mol. The molecule has 25 heavy (non-hydrogen) atoms. The van der Waals surface area contributed by atoms with E-state index in [1.807, 2.05) is 26.0 Å². The van der Waals surface area contributed by atoms with Crippen LogP contribution in [-0.4, -0.2) is 13.0 Å². The average Bonchev–Trinajstić information content (AvgIpc) is 2.55. The molecule has 0 unspecified atom stereocenters. The molecular formula is C18H17N3O3S. The first kappa shape index (κ1) is 17.1. The zero-order chi connectivity index (χ0) is 18.2. The maximum absolute atomic E-state index is 11.5. The monoisotopic (exact) mass is 355 g/mol. The van der Waals surface area contributed by atoms with Crippen LogP contribution < -0.4 is 5.73 Å². The van der Waals surface area contributed by atoms with E-state index in [-0.39, 0.29) is 4.90 Å².